The van der Waals surface area contributed by atoms with Crippen molar-refractivity contribution in [2.24, 2.45) is 5.92 Å². The van der Waals surface area contributed by atoms with Crippen LogP contribution >= 0.6 is 0 Å². The molecule has 1 saturated carbocycles. The van der Waals surface area contributed by atoms with Gasteiger partial charge in [-0.2, -0.15) is 10.5 Å². The van der Waals surface area contributed by atoms with Crippen molar-refractivity contribution in [3.05, 3.63) is 53.1 Å². The van der Waals surface area contributed by atoms with Crippen molar-refractivity contribution in [3.8, 4) is 29.0 Å². The molecule has 0 aliphatic heterocycles. The van der Waals surface area contributed by atoms with Crippen LogP contribution in [-0.4, -0.2) is 6.61 Å². The van der Waals surface area contributed by atoms with Crippen molar-refractivity contribution in [2.45, 2.75) is 71.1 Å². The van der Waals surface area contributed by atoms with E-state index in [0.717, 1.165) is 41.2 Å². The second kappa shape index (κ2) is 10.8. The summed E-state index contributed by atoms with van der Waals surface area (Å²) in [4.78, 5) is 0. The average molecular weight is 401 g/mol. The monoisotopic (exact) mass is 400 g/mol. The minimum atomic E-state index is 0.392. The standard InChI is InChI=1S/C27H32N2O/c1-3-5-6-7-20-8-10-21(11-9-20)24-16-17-25(27(19-29)26(24)18-28)22-12-14-23(15-13-22)30-4-2/h12-17,20-21H,3-11H2,1-2H3/t20-,21-. The zero-order chi connectivity index (χ0) is 21.3. The minimum absolute atomic E-state index is 0.392. The lowest BCUT2D eigenvalue weighted by Crippen LogP contribution is -2.15. The first-order valence-electron chi connectivity index (χ1n) is 11.4. The maximum atomic E-state index is 9.92. The molecule has 0 N–H and O–H groups in total. The van der Waals surface area contributed by atoms with Crippen LogP contribution in [0.25, 0.3) is 11.1 Å². The molecule has 0 aromatic heterocycles. The smallest absolute Gasteiger partial charge is 0.119 e. The van der Waals surface area contributed by atoms with Gasteiger partial charge in [0.15, 0.2) is 0 Å². The molecule has 0 atom stereocenters. The molecule has 0 heterocycles. The Balaban J connectivity index is 1.81. The van der Waals surface area contributed by atoms with E-state index in [0.29, 0.717) is 23.7 Å². The molecular weight excluding hydrogens is 368 g/mol. The molecule has 156 valence electrons. The Morgan fingerprint density at radius 3 is 2.17 bits per heavy atom. The fourth-order valence-corrected chi connectivity index (χ4v) is 4.78. The summed E-state index contributed by atoms with van der Waals surface area (Å²) in [6.45, 7) is 4.83. The van der Waals surface area contributed by atoms with Gasteiger partial charge in [-0.1, -0.05) is 56.9 Å². The van der Waals surface area contributed by atoms with Gasteiger partial charge in [-0.3, -0.25) is 0 Å². The summed E-state index contributed by atoms with van der Waals surface area (Å²) in [6, 6.07) is 16.6. The van der Waals surface area contributed by atoms with Crippen LogP contribution in [0.5, 0.6) is 5.75 Å². The lowest BCUT2D eigenvalue weighted by Gasteiger charge is -2.29. The third-order valence-corrected chi connectivity index (χ3v) is 6.44. The van der Waals surface area contributed by atoms with Crippen molar-refractivity contribution >= 4 is 0 Å². The highest BCUT2D eigenvalue weighted by molar-refractivity contribution is 5.75. The maximum absolute atomic E-state index is 9.92. The molecule has 2 aromatic carbocycles. The fourth-order valence-electron chi connectivity index (χ4n) is 4.78. The van der Waals surface area contributed by atoms with Gasteiger partial charge < -0.3 is 4.74 Å². The second-order valence-corrected chi connectivity index (χ2v) is 8.35. The van der Waals surface area contributed by atoms with E-state index in [2.05, 4.69) is 25.1 Å². The molecule has 30 heavy (non-hydrogen) atoms. The zero-order valence-corrected chi connectivity index (χ0v) is 18.3. The summed E-state index contributed by atoms with van der Waals surface area (Å²) >= 11 is 0. The van der Waals surface area contributed by atoms with Crippen LogP contribution in [0.4, 0.5) is 0 Å². The number of benzene rings is 2. The van der Waals surface area contributed by atoms with E-state index in [1.165, 1.54) is 38.5 Å². The number of unbranched alkanes of at least 4 members (excludes halogenated alkanes) is 2. The molecule has 0 unspecified atom stereocenters. The van der Waals surface area contributed by atoms with E-state index in [9.17, 15) is 10.5 Å². The number of ether oxygens (including phenoxy) is 1. The maximum Gasteiger partial charge on any atom is 0.119 e. The summed E-state index contributed by atoms with van der Waals surface area (Å²) in [5.74, 6) is 2.04. The molecule has 3 rings (SSSR count). The lowest BCUT2D eigenvalue weighted by atomic mass is 9.75. The quantitative estimate of drug-likeness (QED) is 0.435. The van der Waals surface area contributed by atoms with Crippen LogP contribution < -0.4 is 4.74 Å². The first kappa shape index (κ1) is 21.9. The Hall–Kier alpha value is -2.78. The van der Waals surface area contributed by atoms with Crippen molar-refractivity contribution < 1.29 is 4.74 Å². The normalized spacial score (nSPS) is 18.4. The first-order valence-corrected chi connectivity index (χ1v) is 11.4. The van der Waals surface area contributed by atoms with Gasteiger partial charge in [-0.15, -0.1) is 0 Å². The third kappa shape index (κ3) is 5.03. The molecule has 1 aliphatic carbocycles. The Labute approximate surface area is 181 Å². The van der Waals surface area contributed by atoms with Gasteiger partial charge in [0.05, 0.1) is 17.7 Å². The van der Waals surface area contributed by atoms with Crippen LogP contribution in [0, 0.1) is 28.6 Å². The largest absolute Gasteiger partial charge is 0.494 e. The fraction of sp³-hybridized carbons (Fsp3) is 0.481. The van der Waals surface area contributed by atoms with Gasteiger partial charge in [0.25, 0.3) is 0 Å². The van der Waals surface area contributed by atoms with Gasteiger partial charge in [0, 0.05) is 5.56 Å². The molecule has 0 radical (unpaired) electrons. The van der Waals surface area contributed by atoms with Crippen molar-refractivity contribution in [3.63, 3.8) is 0 Å². The molecule has 0 saturated heterocycles. The number of hydrogen-bond donors (Lipinski definition) is 0. The van der Waals surface area contributed by atoms with Crippen LogP contribution in [0.3, 0.4) is 0 Å². The van der Waals surface area contributed by atoms with Crippen molar-refractivity contribution in [2.75, 3.05) is 6.61 Å². The van der Waals surface area contributed by atoms with E-state index in [1.807, 2.05) is 37.3 Å². The summed E-state index contributed by atoms with van der Waals surface area (Å²) in [7, 11) is 0. The summed E-state index contributed by atoms with van der Waals surface area (Å²) < 4.78 is 5.52. The minimum Gasteiger partial charge on any atom is -0.494 e. The first-order chi connectivity index (χ1) is 14.7. The number of nitriles is 2. The lowest BCUT2D eigenvalue weighted by molar-refractivity contribution is 0.302. The van der Waals surface area contributed by atoms with Crippen LogP contribution in [0.2, 0.25) is 0 Å². The summed E-state index contributed by atoms with van der Waals surface area (Å²) in [6.07, 6.45) is 10.0. The van der Waals surface area contributed by atoms with Crippen LogP contribution in [-0.2, 0) is 0 Å². The predicted molar refractivity (Wildman–Crippen MR) is 121 cm³/mol. The number of nitrogens with zero attached hydrogens (tertiary/aromatic N) is 2. The molecule has 3 nitrogen and oxygen atoms in total. The highest BCUT2D eigenvalue weighted by atomic mass is 16.5. The van der Waals surface area contributed by atoms with Crippen LogP contribution in [0.15, 0.2) is 36.4 Å². The predicted octanol–water partition coefficient (Wildman–Crippen LogP) is 7.35. The molecule has 0 spiro atoms. The Bertz CT molecular complexity index is 910. The topological polar surface area (TPSA) is 56.8 Å². The second-order valence-electron chi connectivity index (χ2n) is 8.35. The molecule has 3 heteroatoms. The van der Waals surface area contributed by atoms with Crippen LogP contribution in [0.1, 0.15) is 87.8 Å². The van der Waals surface area contributed by atoms with Gasteiger partial charge in [-0.05, 0) is 67.7 Å². The average Bonchev–Trinajstić information content (AvgIpc) is 2.79. The van der Waals surface area contributed by atoms with Crippen molar-refractivity contribution in [1.82, 2.24) is 0 Å². The van der Waals surface area contributed by atoms with E-state index < -0.39 is 0 Å². The highest BCUT2D eigenvalue weighted by Gasteiger charge is 2.26. The molecule has 1 fully saturated rings. The third-order valence-electron chi connectivity index (χ3n) is 6.44. The number of rotatable bonds is 8. The zero-order valence-electron chi connectivity index (χ0n) is 18.3. The van der Waals surface area contributed by atoms with Crippen molar-refractivity contribution in [1.29, 1.82) is 10.5 Å². The summed E-state index contributed by atoms with van der Waals surface area (Å²) in [5.41, 5.74) is 3.91. The Kier molecular flexibility index (Phi) is 7.92. The highest BCUT2D eigenvalue weighted by Crippen LogP contribution is 2.41. The van der Waals surface area contributed by atoms with Gasteiger partial charge in [0.2, 0.25) is 0 Å². The SMILES string of the molecule is CCCCC[C@H]1CC[C@H](c2ccc(-c3ccc(OCC)cc3)c(C#N)c2C#N)CC1. The van der Waals surface area contributed by atoms with E-state index in [-0.39, 0.29) is 0 Å². The van der Waals surface area contributed by atoms with Gasteiger partial charge in [-0.25, -0.2) is 0 Å². The van der Waals surface area contributed by atoms with Gasteiger partial charge >= 0.3 is 0 Å². The molecule has 1 aliphatic rings. The van der Waals surface area contributed by atoms with Gasteiger partial charge in [0.1, 0.15) is 17.9 Å². The molecule has 2 aromatic rings. The Morgan fingerprint density at radius 2 is 1.57 bits per heavy atom. The van der Waals surface area contributed by atoms with E-state index in [1.54, 1.807) is 0 Å². The molecular formula is C27H32N2O. The van der Waals surface area contributed by atoms with E-state index in [4.69, 9.17) is 4.74 Å². The molecule has 0 bridgehead atoms. The van der Waals surface area contributed by atoms with E-state index >= 15 is 0 Å². The summed E-state index contributed by atoms with van der Waals surface area (Å²) in [5, 5.41) is 19.8. The molecule has 0 amide bonds. The Morgan fingerprint density at radius 1 is 0.867 bits per heavy atom. The number of hydrogen-bond acceptors (Lipinski definition) is 3.